The van der Waals surface area contributed by atoms with E-state index in [1.165, 1.54) is 12.8 Å². The van der Waals surface area contributed by atoms with E-state index in [1.807, 2.05) is 12.1 Å². The monoisotopic (exact) mass is 273 g/mol. The fourth-order valence-electron chi connectivity index (χ4n) is 1.58. The van der Waals surface area contributed by atoms with Gasteiger partial charge in [0.1, 0.15) is 5.76 Å². The van der Waals surface area contributed by atoms with Crippen LogP contribution in [0.4, 0.5) is 0 Å². The van der Waals surface area contributed by atoms with Crippen molar-refractivity contribution in [3.63, 3.8) is 0 Å². The van der Waals surface area contributed by atoms with E-state index in [0.29, 0.717) is 0 Å². The van der Waals surface area contributed by atoms with Gasteiger partial charge in [-0.2, -0.15) is 0 Å². The van der Waals surface area contributed by atoms with Gasteiger partial charge in [0.15, 0.2) is 4.67 Å². The lowest BCUT2D eigenvalue weighted by atomic mass is 10.0. The molecule has 1 atom stereocenters. The first-order chi connectivity index (χ1) is 7.17. The van der Waals surface area contributed by atoms with Gasteiger partial charge < -0.3 is 9.73 Å². The average molecular weight is 274 g/mol. The van der Waals surface area contributed by atoms with Crippen molar-refractivity contribution in [2.45, 2.75) is 39.7 Å². The second-order valence-corrected chi connectivity index (χ2v) is 4.74. The summed E-state index contributed by atoms with van der Waals surface area (Å²) in [6.07, 6.45) is 2.47. The van der Waals surface area contributed by atoms with Gasteiger partial charge in [-0.05, 0) is 47.4 Å². The minimum atomic E-state index is 0.289. The minimum absolute atomic E-state index is 0.289. The molecule has 0 aliphatic heterocycles. The highest BCUT2D eigenvalue weighted by atomic mass is 79.9. The second-order valence-electron chi connectivity index (χ2n) is 3.95. The summed E-state index contributed by atoms with van der Waals surface area (Å²) in [5.74, 6) is 1.76. The molecule has 0 aliphatic rings. The third-order valence-electron chi connectivity index (χ3n) is 2.89. The van der Waals surface area contributed by atoms with Crippen LogP contribution in [0.3, 0.4) is 0 Å². The zero-order chi connectivity index (χ0) is 11.3. The van der Waals surface area contributed by atoms with Crippen molar-refractivity contribution in [2.24, 2.45) is 5.92 Å². The molecule has 0 fully saturated rings. The van der Waals surface area contributed by atoms with Gasteiger partial charge in [0.2, 0.25) is 0 Å². The lowest BCUT2D eigenvalue weighted by Gasteiger charge is -2.16. The molecule has 1 aromatic rings. The average Bonchev–Trinajstić information content (AvgIpc) is 2.66. The molecule has 0 radical (unpaired) electrons. The van der Waals surface area contributed by atoms with Gasteiger partial charge in [-0.25, -0.2) is 0 Å². The summed E-state index contributed by atoms with van der Waals surface area (Å²) in [7, 11) is 0. The first-order valence-electron chi connectivity index (χ1n) is 5.66. The Labute approximate surface area is 101 Å². The number of hydrogen-bond acceptors (Lipinski definition) is 2. The summed E-state index contributed by atoms with van der Waals surface area (Å²) in [5, 5.41) is 3.50. The van der Waals surface area contributed by atoms with E-state index < -0.39 is 0 Å². The third kappa shape index (κ3) is 3.99. The molecule has 0 saturated heterocycles. The molecular weight excluding hydrogens is 254 g/mol. The summed E-state index contributed by atoms with van der Waals surface area (Å²) in [6, 6.07) is 4.23. The Bertz CT molecular complexity index is 281. The Hall–Kier alpha value is -0.280. The predicted molar refractivity (Wildman–Crippen MR) is 66.9 cm³/mol. The maximum atomic E-state index is 5.50. The molecule has 3 heteroatoms. The van der Waals surface area contributed by atoms with Gasteiger partial charge in [-0.1, -0.05) is 26.7 Å². The molecule has 1 unspecified atom stereocenters. The van der Waals surface area contributed by atoms with Crippen molar-refractivity contribution >= 4 is 15.9 Å². The van der Waals surface area contributed by atoms with Crippen LogP contribution in [0.15, 0.2) is 21.2 Å². The lowest BCUT2D eigenvalue weighted by molar-refractivity contribution is 0.377. The molecule has 15 heavy (non-hydrogen) atoms. The molecule has 0 aromatic carbocycles. The summed E-state index contributed by atoms with van der Waals surface area (Å²) >= 11 is 3.31. The van der Waals surface area contributed by atoms with Crippen LogP contribution in [0.2, 0.25) is 0 Å². The smallest absolute Gasteiger partial charge is 0.169 e. The number of hydrogen-bond donors (Lipinski definition) is 1. The summed E-state index contributed by atoms with van der Waals surface area (Å²) in [5.41, 5.74) is 0. The van der Waals surface area contributed by atoms with Crippen molar-refractivity contribution in [1.29, 1.82) is 0 Å². The van der Waals surface area contributed by atoms with E-state index in [-0.39, 0.29) is 6.04 Å². The highest BCUT2D eigenvalue weighted by Crippen LogP contribution is 2.20. The van der Waals surface area contributed by atoms with Crippen molar-refractivity contribution in [1.82, 2.24) is 5.32 Å². The van der Waals surface area contributed by atoms with Gasteiger partial charge in [0, 0.05) is 0 Å². The van der Waals surface area contributed by atoms with E-state index in [1.54, 1.807) is 0 Å². The minimum Gasteiger partial charge on any atom is -0.453 e. The van der Waals surface area contributed by atoms with Crippen LogP contribution in [0.5, 0.6) is 0 Å². The maximum Gasteiger partial charge on any atom is 0.169 e. The molecule has 0 amide bonds. The first-order valence-corrected chi connectivity index (χ1v) is 6.45. The molecule has 2 nitrogen and oxygen atoms in total. The van der Waals surface area contributed by atoms with Crippen LogP contribution in [0.25, 0.3) is 0 Å². The highest BCUT2D eigenvalue weighted by Gasteiger charge is 2.11. The molecule has 1 aromatic heterocycles. The zero-order valence-corrected chi connectivity index (χ0v) is 11.3. The van der Waals surface area contributed by atoms with Crippen LogP contribution < -0.4 is 5.32 Å². The van der Waals surface area contributed by atoms with Crippen LogP contribution in [-0.4, -0.2) is 6.54 Å². The fourth-order valence-corrected chi connectivity index (χ4v) is 1.90. The van der Waals surface area contributed by atoms with Crippen molar-refractivity contribution in [2.75, 3.05) is 6.54 Å². The van der Waals surface area contributed by atoms with Crippen LogP contribution >= 0.6 is 15.9 Å². The Morgan fingerprint density at radius 1 is 1.33 bits per heavy atom. The molecule has 0 aliphatic carbocycles. The van der Waals surface area contributed by atoms with Crippen LogP contribution in [0.1, 0.15) is 45.4 Å². The quantitative estimate of drug-likeness (QED) is 0.843. The van der Waals surface area contributed by atoms with E-state index >= 15 is 0 Å². The Morgan fingerprint density at radius 2 is 2.00 bits per heavy atom. The van der Waals surface area contributed by atoms with Crippen LogP contribution in [-0.2, 0) is 0 Å². The van der Waals surface area contributed by atoms with Crippen molar-refractivity contribution < 1.29 is 4.42 Å². The van der Waals surface area contributed by atoms with Gasteiger partial charge in [0.25, 0.3) is 0 Å². The topological polar surface area (TPSA) is 25.2 Å². The lowest BCUT2D eigenvalue weighted by Crippen LogP contribution is -2.24. The molecule has 0 spiro atoms. The van der Waals surface area contributed by atoms with E-state index in [4.69, 9.17) is 4.42 Å². The molecule has 86 valence electrons. The number of rotatable bonds is 6. The first kappa shape index (κ1) is 12.8. The third-order valence-corrected chi connectivity index (χ3v) is 3.31. The molecule has 0 saturated carbocycles. The van der Waals surface area contributed by atoms with Gasteiger partial charge in [0.05, 0.1) is 6.04 Å². The number of halogens is 1. The maximum absolute atomic E-state index is 5.50. The van der Waals surface area contributed by atoms with Crippen molar-refractivity contribution in [3.8, 4) is 0 Å². The zero-order valence-electron chi connectivity index (χ0n) is 9.72. The predicted octanol–water partition coefficient (Wildman–Crippen LogP) is 4.13. The molecule has 1 heterocycles. The standard InChI is InChI=1S/C12H20BrNO/c1-4-10(5-2)8-14-9(3)11-6-7-12(13)15-11/h6-7,9-10,14H,4-5,8H2,1-3H3. The number of furan rings is 1. The van der Waals surface area contributed by atoms with Gasteiger partial charge >= 0.3 is 0 Å². The van der Waals surface area contributed by atoms with E-state index in [0.717, 1.165) is 22.9 Å². The molecule has 0 bridgehead atoms. The SMILES string of the molecule is CCC(CC)CNC(C)c1ccc(Br)o1. The van der Waals surface area contributed by atoms with E-state index in [9.17, 15) is 0 Å². The Kier molecular flexibility index (Phi) is 5.40. The largest absolute Gasteiger partial charge is 0.453 e. The van der Waals surface area contributed by atoms with Crippen LogP contribution in [0, 0.1) is 5.92 Å². The Morgan fingerprint density at radius 3 is 2.47 bits per heavy atom. The second kappa shape index (κ2) is 6.33. The van der Waals surface area contributed by atoms with Gasteiger partial charge in [-0.15, -0.1) is 0 Å². The van der Waals surface area contributed by atoms with Crippen molar-refractivity contribution in [3.05, 3.63) is 22.6 Å². The normalized spacial score (nSPS) is 13.4. The summed E-state index contributed by atoms with van der Waals surface area (Å²) in [4.78, 5) is 0. The Balaban J connectivity index is 2.39. The van der Waals surface area contributed by atoms with Gasteiger partial charge in [-0.3, -0.25) is 0 Å². The summed E-state index contributed by atoms with van der Waals surface area (Å²) in [6.45, 7) is 7.67. The number of nitrogens with one attached hydrogen (secondary N) is 1. The fraction of sp³-hybridized carbons (Fsp3) is 0.667. The molecular formula is C12H20BrNO. The molecule has 1 N–H and O–H groups in total. The highest BCUT2D eigenvalue weighted by molar-refractivity contribution is 9.10. The van der Waals surface area contributed by atoms with E-state index in [2.05, 4.69) is 42.0 Å². The summed E-state index contributed by atoms with van der Waals surface area (Å²) < 4.78 is 6.30. The molecule has 1 rings (SSSR count).